The fourth-order valence-electron chi connectivity index (χ4n) is 2.14. The van der Waals surface area contributed by atoms with Gasteiger partial charge in [0.15, 0.2) is 9.76 Å². The van der Waals surface area contributed by atoms with Gasteiger partial charge in [0.1, 0.15) is 11.6 Å². The van der Waals surface area contributed by atoms with Crippen molar-refractivity contribution in [2.24, 2.45) is 0 Å². The van der Waals surface area contributed by atoms with E-state index in [0.29, 0.717) is 19.6 Å². The minimum absolute atomic E-state index is 0.506. The van der Waals surface area contributed by atoms with Gasteiger partial charge >= 0.3 is 0 Å². The predicted molar refractivity (Wildman–Crippen MR) is 85.4 cm³/mol. The summed E-state index contributed by atoms with van der Waals surface area (Å²) in [6, 6.07) is 4.75. The van der Waals surface area contributed by atoms with E-state index in [1.165, 1.54) is 12.1 Å². The van der Waals surface area contributed by atoms with Gasteiger partial charge in [-0.25, -0.2) is 8.78 Å². The molecule has 0 saturated carbocycles. The van der Waals surface area contributed by atoms with Crippen LogP contribution in [0.3, 0.4) is 0 Å². The summed E-state index contributed by atoms with van der Waals surface area (Å²) in [5.41, 5.74) is 0.721. The lowest BCUT2D eigenvalue weighted by atomic mass is 10.1. The fraction of sp³-hybridized carbons (Fsp3) is 0.625. The zero-order valence-corrected chi connectivity index (χ0v) is 14.9. The van der Waals surface area contributed by atoms with E-state index >= 15 is 0 Å². The molecule has 126 valence electrons. The first kappa shape index (κ1) is 19.2. The number of halogens is 2. The molecule has 1 aromatic carbocycles. The Balaban J connectivity index is 2.07. The molecule has 6 heteroatoms. The summed E-state index contributed by atoms with van der Waals surface area (Å²) in [5.74, 6) is -1.01. The summed E-state index contributed by atoms with van der Waals surface area (Å²) in [5, 5.41) is 0. The molecule has 0 unspecified atom stereocenters. The molecule has 3 nitrogen and oxygen atoms in total. The van der Waals surface area contributed by atoms with Crippen molar-refractivity contribution in [2.75, 3.05) is 13.2 Å². The Kier molecular flexibility index (Phi) is 10.2. The third-order valence-electron chi connectivity index (χ3n) is 3.14. The number of rotatable bonds is 12. The summed E-state index contributed by atoms with van der Waals surface area (Å²) >= 11 is 0. The molecule has 0 saturated heterocycles. The second-order valence-electron chi connectivity index (χ2n) is 5.01. The van der Waals surface area contributed by atoms with Crippen molar-refractivity contribution >= 4 is 9.76 Å². The molecule has 0 aromatic heterocycles. The van der Waals surface area contributed by atoms with Gasteiger partial charge in [-0.2, -0.15) is 0 Å². The van der Waals surface area contributed by atoms with Crippen LogP contribution in [0.5, 0.6) is 0 Å². The summed E-state index contributed by atoms with van der Waals surface area (Å²) in [6.07, 6.45) is 3.73. The zero-order valence-electron chi connectivity index (χ0n) is 13.4. The molecule has 0 aliphatic rings. The standard InChI is InChI=1S/C16H26F2O3Si/c1-3-19-16(20-4-2)21-22-9-7-5-6-8-13-10-14(17)12-15(18)11-13/h10-12,16H,3-9,22H2,1-2H3. The number of unbranched alkanes of at least 4 members (excludes halogenated alkanes) is 2. The molecule has 0 atom stereocenters. The van der Waals surface area contributed by atoms with E-state index in [-0.39, 0.29) is 0 Å². The third kappa shape index (κ3) is 8.58. The molecule has 1 aromatic rings. The van der Waals surface area contributed by atoms with Gasteiger partial charge in [-0.1, -0.05) is 12.8 Å². The Morgan fingerprint density at radius 3 is 2.18 bits per heavy atom. The van der Waals surface area contributed by atoms with Crippen LogP contribution in [0.15, 0.2) is 18.2 Å². The van der Waals surface area contributed by atoms with Crippen LogP contribution in [-0.2, 0) is 20.3 Å². The SMILES string of the molecule is CCOC(OCC)O[SiH2]CCCCCc1cc(F)cc(F)c1. The van der Waals surface area contributed by atoms with E-state index in [2.05, 4.69) is 0 Å². The lowest BCUT2D eigenvalue weighted by molar-refractivity contribution is -0.243. The van der Waals surface area contributed by atoms with Crippen molar-refractivity contribution in [3.05, 3.63) is 35.4 Å². The van der Waals surface area contributed by atoms with Crippen molar-refractivity contribution in [2.45, 2.75) is 52.1 Å². The Bertz CT molecular complexity index is 392. The van der Waals surface area contributed by atoms with Crippen LogP contribution in [0.1, 0.15) is 38.7 Å². The highest BCUT2D eigenvalue weighted by molar-refractivity contribution is 6.27. The van der Waals surface area contributed by atoms with Gasteiger partial charge in [-0.05, 0) is 50.4 Å². The minimum atomic E-state index is -0.650. The van der Waals surface area contributed by atoms with E-state index in [9.17, 15) is 8.78 Å². The Hall–Kier alpha value is -0.823. The van der Waals surface area contributed by atoms with Crippen molar-refractivity contribution in [3.8, 4) is 0 Å². The Labute approximate surface area is 133 Å². The normalized spacial score (nSPS) is 11.9. The molecule has 0 aliphatic heterocycles. The number of benzene rings is 1. The molecule has 0 amide bonds. The molecule has 0 spiro atoms. The van der Waals surface area contributed by atoms with Crippen LogP contribution in [0.2, 0.25) is 6.04 Å². The van der Waals surface area contributed by atoms with Gasteiger partial charge in [0.2, 0.25) is 0 Å². The molecule has 0 heterocycles. The van der Waals surface area contributed by atoms with E-state index in [1.807, 2.05) is 13.8 Å². The van der Waals surface area contributed by atoms with Crippen molar-refractivity contribution in [3.63, 3.8) is 0 Å². The van der Waals surface area contributed by atoms with Crippen LogP contribution in [0, 0.1) is 11.6 Å². The topological polar surface area (TPSA) is 27.7 Å². The van der Waals surface area contributed by atoms with E-state index in [0.717, 1.165) is 36.9 Å². The fourth-order valence-corrected chi connectivity index (χ4v) is 3.25. The largest absolute Gasteiger partial charge is 0.379 e. The monoisotopic (exact) mass is 332 g/mol. The average Bonchev–Trinajstić information content (AvgIpc) is 2.45. The third-order valence-corrected chi connectivity index (χ3v) is 4.44. The molecule has 0 aliphatic carbocycles. The van der Waals surface area contributed by atoms with Crippen LogP contribution in [-0.4, -0.2) is 29.5 Å². The minimum Gasteiger partial charge on any atom is -0.379 e. The summed E-state index contributed by atoms with van der Waals surface area (Å²) in [4.78, 5) is 0. The number of ether oxygens (including phenoxy) is 2. The Morgan fingerprint density at radius 1 is 0.955 bits per heavy atom. The maximum Gasteiger partial charge on any atom is 0.261 e. The number of hydrogen-bond acceptors (Lipinski definition) is 3. The first-order valence-electron chi connectivity index (χ1n) is 7.95. The highest BCUT2D eigenvalue weighted by Gasteiger charge is 2.07. The molecule has 1 rings (SSSR count). The lowest BCUT2D eigenvalue weighted by Gasteiger charge is -2.17. The number of hydrogen-bond donors (Lipinski definition) is 0. The van der Waals surface area contributed by atoms with Crippen molar-refractivity contribution < 1.29 is 22.7 Å². The average molecular weight is 332 g/mol. The molecular formula is C16H26F2O3Si. The number of aryl methyl sites for hydroxylation is 1. The van der Waals surface area contributed by atoms with E-state index < -0.39 is 27.9 Å². The zero-order chi connectivity index (χ0) is 16.2. The first-order chi connectivity index (χ1) is 10.7. The van der Waals surface area contributed by atoms with Gasteiger partial charge in [-0.15, -0.1) is 0 Å². The second-order valence-corrected chi connectivity index (χ2v) is 6.46. The van der Waals surface area contributed by atoms with Gasteiger partial charge < -0.3 is 13.9 Å². The summed E-state index contributed by atoms with van der Waals surface area (Å²) in [6.45, 7) is 4.45. The maximum absolute atomic E-state index is 13.0. The van der Waals surface area contributed by atoms with Gasteiger partial charge in [-0.3, -0.25) is 0 Å². The highest BCUT2D eigenvalue weighted by Crippen LogP contribution is 2.12. The van der Waals surface area contributed by atoms with Crippen LogP contribution in [0.25, 0.3) is 0 Å². The Morgan fingerprint density at radius 2 is 1.59 bits per heavy atom. The first-order valence-corrected chi connectivity index (χ1v) is 9.53. The van der Waals surface area contributed by atoms with Crippen molar-refractivity contribution in [1.29, 1.82) is 0 Å². The van der Waals surface area contributed by atoms with E-state index in [1.54, 1.807) is 0 Å². The van der Waals surface area contributed by atoms with Crippen molar-refractivity contribution in [1.82, 2.24) is 0 Å². The molecular weight excluding hydrogens is 306 g/mol. The molecule has 0 N–H and O–H groups in total. The molecule has 0 bridgehead atoms. The van der Waals surface area contributed by atoms with E-state index in [4.69, 9.17) is 13.9 Å². The van der Waals surface area contributed by atoms with Gasteiger partial charge in [0.05, 0.1) is 0 Å². The second kappa shape index (κ2) is 11.7. The van der Waals surface area contributed by atoms with Crippen LogP contribution < -0.4 is 0 Å². The molecule has 22 heavy (non-hydrogen) atoms. The summed E-state index contributed by atoms with van der Waals surface area (Å²) < 4.78 is 42.3. The van der Waals surface area contributed by atoms with Gasteiger partial charge in [0.25, 0.3) is 6.48 Å². The maximum atomic E-state index is 13.0. The highest BCUT2D eigenvalue weighted by atomic mass is 28.2. The summed E-state index contributed by atoms with van der Waals surface area (Å²) in [7, 11) is -0.650. The smallest absolute Gasteiger partial charge is 0.261 e. The molecule has 0 fully saturated rings. The van der Waals surface area contributed by atoms with Crippen LogP contribution >= 0.6 is 0 Å². The molecule has 0 radical (unpaired) electrons. The van der Waals surface area contributed by atoms with Crippen LogP contribution in [0.4, 0.5) is 8.78 Å². The quantitative estimate of drug-likeness (QED) is 0.333. The predicted octanol–water partition coefficient (Wildman–Crippen LogP) is 3.55. The lowest BCUT2D eigenvalue weighted by Crippen LogP contribution is -2.22. The van der Waals surface area contributed by atoms with Gasteiger partial charge in [0, 0.05) is 19.3 Å².